The Morgan fingerprint density at radius 1 is 1.19 bits per heavy atom. The number of esters is 1. The third-order valence-electron chi connectivity index (χ3n) is 3.07. The fourth-order valence-electron chi connectivity index (χ4n) is 1.92. The highest BCUT2D eigenvalue weighted by Crippen LogP contribution is 2.17. The molecule has 0 aliphatic heterocycles. The molecule has 3 nitrogen and oxygen atoms in total. The molecule has 0 aliphatic carbocycles. The molecule has 0 atom stereocenters. The zero-order valence-electron chi connectivity index (χ0n) is 11.9. The van der Waals surface area contributed by atoms with E-state index in [0.29, 0.717) is 6.42 Å². The van der Waals surface area contributed by atoms with E-state index >= 15 is 0 Å². The first kappa shape index (κ1) is 15.7. The average molecular weight is 307 g/mol. The molecule has 0 radical (unpaired) electrons. The molecule has 112 valence electrons. The van der Waals surface area contributed by atoms with Gasteiger partial charge < -0.3 is 10.1 Å². The van der Waals surface area contributed by atoms with Crippen molar-refractivity contribution >= 4 is 17.3 Å². The van der Waals surface area contributed by atoms with E-state index in [9.17, 15) is 9.18 Å². The van der Waals surface area contributed by atoms with Crippen LogP contribution >= 0.6 is 11.3 Å². The zero-order chi connectivity index (χ0) is 15.1. The number of thiophene rings is 1. The quantitative estimate of drug-likeness (QED) is 0.631. The lowest BCUT2D eigenvalue weighted by molar-refractivity contribution is -0.139. The van der Waals surface area contributed by atoms with Crippen LogP contribution in [0.25, 0.3) is 0 Å². The third kappa shape index (κ3) is 5.28. The van der Waals surface area contributed by atoms with Gasteiger partial charge in [0.05, 0.1) is 13.5 Å². The predicted octanol–water partition coefficient (Wildman–Crippen LogP) is 2.94. The van der Waals surface area contributed by atoms with Crippen molar-refractivity contribution < 1.29 is 13.9 Å². The van der Waals surface area contributed by atoms with Crippen LogP contribution in [0.3, 0.4) is 0 Å². The van der Waals surface area contributed by atoms with Crippen molar-refractivity contribution in [2.24, 2.45) is 0 Å². The Bertz CT molecular complexity index is 580. The smallest absolute Gasteiger partial charge is 0.310 e. The van der Waals surface area contributed by atoms with Gasteiger partial charge in [0, 0.05) is 16.3 Å². The Morgan fingerprint density at radius 3 is 2.62 bits per heavy atom. The highest BCUT2D eigenvalue weighted by molar-refractivity contribution is 7.12. The lowest BCUT2D eigenvalue weighted by Gasteiger charge is -2.03. The Balaban J connectivity index is 1.71. The minimum absolute atomic E-state index is 0.205. The number of benzene rings is 1. The number of ether oxygens (including phenoxy) is 1. The number of methoxy groups -OCH3 is 1. The molecule has 0 bridgehead atoms. The fraction of sp³-hybridized carbons (Fsp3) is 0.312. The fourth-order valence-corrected chi connectivity index (χ4v) is 2.90. The number of halogens is 1. The van der Waals surface area contributed by atoms with E-state index in [2.05, 4.69) is 10.1 Å². The van der Waals surface area contributed by atoms with Crippen molar-refractivity contribution in [2.45, 2.75) is 19.4 Å². The molecule has 21 heavy (non-hydrogen) atoms. The van der Waals surface area contributed by atoms with Crippen LogP contribution in [0.15, 0.2) is 36.4 Å². The molecule has 1 N–H and O–H groups in total. The predicted molar refractivity (Wildman–Crippen MR) is 81.8 cm³/mol. The lowest BCUT2D eigenvalue weighted by Crippen LogP contribution is -2.15. The van der Waals surface area contributed by atoms with E-state index in [4.69, 9.17) is 0 Å². The maximum Gasteiger partial charge on any atom is 0.310 e. The molecule has 2 rings (SSSR count). The number of hydrogen-bond donors (Lipinski definition) is 1. The van der Waals surface area contributed by atoms with Crippen LogP contribution in [0.2, 0.25) is 0 Å². The van der Waals surface area contributed by atoms with E-state index in [0.717, 1.165) is 30.0 Å². The second-order valence-corrected chi connectivity index (χ2v) is 5.93. The maximum atomic E-state index is 12.8. The van der Waals surface area contributed by atoms with Gasteiger partial charge in [0.25, 0.3) is 0 Å². The molecule has 0 amide bonds. The van der Waals surface area contributed by atoms with Gasteiger partial charge in [0.1, 0.15) is 5.82 Å². The molecule has 2 aromatic rings. The molecule has 1 aromatic heterocycles. The summed E-state index contributed by atoms with van der Waals surface area (Å²) in [6.07, 6.45) is 1.19. The topological polar surface area (TPSA) is 38.3 Å². The number of carbonyl (C=O) groups excluding carboxylic acids is 1. The van der Waals surface area contributed by atoms with E-state index in [-0.39, 0.29) is 11.8 Å². The molecule has 0 saturated heterocycles. The first-order valence-electron chi connectivity index (χ1n) is 6.77. The van der Waals surface area contributed by atoms with E-state index in [1.165, 1.54) is 24.1 Å². The van der Waals surface area contributed by atoms with Gasteiger partial charge in [-0.25, -0.2) is 4.39 Å². The second kappa shape index (κ2) is 7.90. The van der Waals surface area contributed by atoms with Crippen molar-refractivity contribution in [1.29, 1.82) is 0 Å². The van der Waals surface area contributed by atoms with Gasteiger partial charge in [-0.15, -0.1) is 11.3 Å². The van der Waals surface area contributed by atoms with Gasteiger partial charge in [-0.2, -0.15) is 0 Å². The summed E-state index contributed by atoms with van der Waals surface area (Å²) in [7, 11) is 1.40. The summed E-state index contributed by atoms with van der Waals surface area (Å²) in [5, 5.41) is 3.35. The van der Waals surface area contributed by atoms with E-state index < -0.39 is 0 Å². The standard InChI is InChI=1S/C16H18FNO2S/c1-20-16(19)10-14-6-7-15(21-14)11-18-9-8-12-2-4-13(17)5-3-12/h2-7,18H,8-11H2,1H3. The Labute approximate surface area is 127 Å². The molecule has 0 aliphatic rings. The molecule has 0 saturated carbocycles. The summed E-state index contributed by atoms with van der Waals surface area (Å²) >= 11 is 1.61. The molecule has 0 spiro atoms. The Morgan fingerprint density at radius 2 is 1.90 bits per heavy atom. The first-order valence-corrected chi connectivity index (χ1v) is 7.58. The largest absolute Gasteiger partial charge is 0.469 e. The highest BCUT2D eigenvalue weighted by atomic mass is 32.1. The first-order chi connectivity index (χ1) is 10.2. The summed E-state index contributed by atoms with van der Waals surface area (Å²) < 4.78 is 17.4. The molecule has 0 fully saturated rings. The summed E-state index contributed by atoms with van der Waals surface area (Å²) in [5.41, 5.74) is 1.11. The zero-order valence-corrected chi connectivity index (χ0v) is 12.7. The van der Waals surface area contributed by atoms with Gasteiger partial charge in [-0.1, -0.05) is 12.1 Å². The summed E-state index contributed by atoms with van der Waals surface area (Å²) in [6, 6.07) is 10.5. The molecule has 0 unspecified atom stereocenters. The van der Waals surface area contributed by atoms with Crippen LogP contribution in [0.1, 0.15) is 15.3 Å². The number of hydrogen-bond acceptors (Lipinski definition) is 4. The minimum Gasteiger partial charge on any atom is -0.469 e. The summed E-state index contributed by atoms with van der Waals surface area (Å²) in [4.78, 5) is 13.4. The Hall–Kier alpha value is -1.72. The van der Waals surface area contributed by atoms with Crippen LogP contribution in [0.4, 0.5) is 4.39 Å². The second-order valence-electron chi connectivity index (χ2n) is 4.67. The number of carbonyl (C=O) groups is 1. The molecule has 1 aromatic carbocycles. The maximum absolute atomic E-state index is 12.8. The van der Waals surface area contributed by atoms with Crippen molar-refractivity contribution in [1.82, 2.24) is 5.32 Å². The summed E-state index contributed by atoms with van der Waals surface area (Å²) in [6.45, 7) is 1.60. The normalized spacial score (nSPS) is 10.6. The van der Waals surface area contributed by atoms with Gasteiger partial charge >= 0.3 is 5.97 Å². The van der Waals surface area contributed by atoms with Crippen LogP contribution in [-0.2, 0) is 28.9 Å². The van der Waals surface area contributed by atoms with Crippen molar-refractivity contribution in [3.63, 3.8) is 0 Å². The van der Waals surface area contributed by atoms with Crippen LogP contribution in [0, 0.1) is 5.82 Å². The van der Waals surface area contributed by atoms with Crippen molar-refractivity contribution in [3.05, 3.63) is 57.5 Å². The summed E-state index contributed by atoms with van der Waals surface area (Å²) in [5.74, 6) is -0.420. The van der Waals surface area contributed by atoms with Crippen molar-refractivity contribution in [3.8, 4) is 0 Å². The molecule has 1 heterocycles. The van der Waals surface area contributed by atoms with Crippen molar-refractivity contribution in [2.75, 3.05) is 13.7 Å². The lowest BCUT2D eigenvalue weighted by atomic mass is 10.1. The number of nitrogens with one attached hydrogen (secondary N) is 1. The highest BCUT2D eigenvalue weighted by Gasteiger charge is 2.06. The number of rotatable bonds is 7. The molecule has 5 heteroatoms. The molecular weight excluding hydrogens is 289 g/mol. The van der Waals surface area contributed by atoms with Gasteiger partial charge in [0.2, 0.25) is 0 Å². The molecular formula is C16H18FNO2S. The third-order valence-corrected chi connectivity index (χ3v) is 4.15. The Kier molecular flexibility index (Phi) is 5.90. The van der Waals surface area contributed by atoms with Crippen LogP contribution in [-0.4, -0.2) is 19.6 Å². The average Bonchev–Trinajstić information content (AvgIpc) is 2.93. The monoisotopic (exact) mass is 307 g/mol. The minimum atomic E-state index is -0.215. The van der Waals surface area contributed by atoms with Gasteiger partial charge in [-0.3, -0.25) is 4.79 Å². The van der Waals surface area contributed by atoms with Gasteiger partial charge in [0.15, 0.2) is 0 Å². The van der Waals surface area contributed by atoms with Crippen LogP contribution in [0.5, 0.6) is 0 Å². The van der Waals surface area contributed by atoms with Crippen LogP contribution < -0.4 is 5.32 Å². The van der Waals surface area contributed by atoms with E-state index in [1.54, 1.807) is 23.5 Å². The van der Waals surface area contributed by atoms with E-state index in [1.807, 2.05) is 12.1 Å². The SMILES string of the molecule is COC(=O)Cc1ccc(CNCCc2ccc(F)cc2)s1. The van der Waals surface area contributed by atoms with Gasteiger partial charge in [-0.05, 0) is 42.8 Å².